The fraction of sp³-hybridized carbons (Fsp3) is 0.455. The van der Waals surface area contributed by atoms with Crippen molar-refractivity contribution < 1.29 is 9.47 Å². The van der Waals surface area contributed by atoms with Crippen LogP contribution in [0.2, 0.25) is 0 Å². The number of hydrogen-bond donors (Lipinski definition) is 2. The van der Waals surface area contributed by atoms with Gasteiger partial charge >= 0.3 is 0 Å². The van der Waals surface area contributed by atoms with Crippen molar-refractivity contribution in [3.8, 4) is 0 Å². The van der Waals surface area contributed by atoms with Crippen molar-refractivity contribution in [2.24, 2.45) is 0 Å². The molecule has 4 nitrogen and oxygen atoms in total. The summed E-state index contributed by atoms with van der Waals surface area (Å²) in [6.45, 7) is 2.65. The maximum Gasteiger partial charge on any atom is 0.0701 e. The van der Waals surface area contributed by atoms with Gasteiger partial charge in [-0.05, 0) is 40.8 Å². The summed E-state index contributed by atoms with van der Waals surface area (Å²) in [7, 11) is 1.66. The molecule has 0 saturated carbocycles. The standard InChI is InChI=1S/C11H17IN2O2/c1-15-6-7-16-5-4-14-11-3-2-9(12)8-10(11)13/h2-3,8,14H,4-7,13H2,1H3. The van der Waals surface area contributed by atoms with Crippen LogP contribution in [0.3, 0.4) is 0 Å². The molecule has 0 aliphatic rings. The third-order valence-corrected chi connectivity index (χ3v) is 2.68. The third kappa shape index (κ3) is 5.00. The monoisotopic (exact) mass is 336 g/mol. The lowest BCUT2D eigenvalue weighted by Gasteiger charge is -2.09. The second-order valence-corrected chi connectivity index (χ2v) is 4.51. The van der Waals surface area contributed by atoms with E-state index in [0.29, 0.717) is 19.8 Å². The molecule has 1 aromatic rings. The molecule has 0 unspecified atom stereocenters. The van der Waals surface area contributed by atoms with E-state index in [1.165, 1.54) is 0 Å². The normalized spacial score (nSPS) is 10.4. The number of methoxy groups -OCH3 is 1. The Balaban J connectivity index is 2.21. The van der Waals surface area contributed by atoms with Gasteiger partial charge in [-0.2, -0.15) is 0 Å². The van der Waals surface area contributed by atoms with Gasteiger partial charge in [0.05, 0.1) is 31.2 Å². The number of benzene rings is 1. The first kappa shape index (κ1) is 13.5. The zero-order chi connectivity index (χ0) is 11.8. The average Bonchev–Trinajstić information content (AvgIpc) is 2.26. The molecule has 90 valence electrons. The highest BCUT2D eigenvalue weighted by atomic mass is 127. The highest BCUT2D eigenvalue weighted by Crippen LogP contribution is 2.20. The van der Waals surface area contributed by atoms with Gasteiger partial charge in [0, 0.05) is 17.2 Å². The quantitative estimate of drug-likeness (QED) is 0.454. The highest BCUT2D eigenvalue weighted by molar-refractivity contribution is 14.1. The van der Waals surface area contributed by atoms with Crippen LogP contribution in [-0.4, -0.2) is 33.5 Å². The zero-order valence-corrected chi connectivity index (χ0v) is 11.5. The molecular formula is C11H17IN2O2. The number of anilines is 2. The predicted octanol–water partition coefficient (Wildman–Crippen LogP) is 1.95. The van der Waals surface area contributed by atoms with E-state index in [1.54, 1.807) is 7.11 Å². The van der Waals surface area contributed by atoms with E-state index in [1.807, 2.05) is 18.2 Å². The van der Waals surface area contributed by atoms with Crippen molar-refractivity contribution in [2.45, 2.75) is 0 Å². The molecule has 0 amide bonds. The lowest BCUT2D eigenvalue weighted by molar-refractivity contribution is 0.0759. The van der Waals surface area contributed by atoms with Crippen molar-refractivity contribution in [1.82, 2.24) is 0 Å². The molecule has 0 atom stereocenters. The van der Waals surface area contributed by atoms with Gasteiger partial charge in [-0.3, -0.25) is 0 Å². The number of nitrogens with two attached hydrogens (primary N) is 1. The number of nitrogen functional groups attached to an aromatic ring is 1. The summed E-state index contributed by atoms with van der Waals surface area (Å²) in [5.41, 5.74) is 7.58. The second kappa shape index (κ2) is 7.70. The molecule has 0 spiro atoms. The zero-order valence-electron chi connectivity index (χ0n) is 9.33. The van der Waals surface area contributed by atoms with E-state index in [9.17, 15) is 0 Å². The molecule has 0 radical (unpaired) electrons. The highest BCUT2D eigenvalue weighted by Gasteiger charge is 1.98. The molecule has 0 heterocycles. The van der Waals surface area contributed by atoms with Gasteiger partial charge in [0.15, 0.2) is 0 Å². The van der Waals surface area contributed by atoms with Crippen molar-refractivity contribution in [3.05, 3.63) is 21.8 Å². The van der Waals surface area contributed by atoms with Crippen LogP contribution in [0.15, 0.2) is 18.2 Å². The number of rotatable bonds is 7. The largest absolute Gasteiger partial charge is 0.397 e. The van der Waals surface area contributed by atoms with E-state index in [4.69, 9.17) is 15.2 Å². The molecule has 3 N–H and O–H groups in total. The van der Waals surface area contributed by atoms with Crippen LogP contribution in [0, 0.1) is 3.57 Å². The Bertz CT molecular complexity index is 321. The number of ether oxygens (including phenoxy) is 2. The Morgan fingerprint density at radius 1 is 1.31 bits per heavy atom. The van der Waals surface area contributed by atoms with Crippen molar-refractivity contribution in [2.75, 3.05) is 44.5 Å². The fourth-order valence-electron chi connectivity index (χ4n) is 1.20. The van der Waals surface area contributed by atoms with Gasteiger partial charge in [0.25, 0.3) is 0 Å². The molecule has 0 bridgehead atoms. The average molecular weight is 336 g/mol. The number of nitrogens with one attached hydrogen (secondary N) is 1. The van der Waals surface area contributed by atoms with Crippen molar-refractivity contribution in [1.29, 1.82) is 0 Å². The van der Waals surface area contributed by atoms with E-state index in [2.05, 4.69) is 27.9 Å². The minimum absolute atomic E-state index is 0.625. The summed E-state index contributed by atoms with van der Waals surface area (Å²) in [6.07, 6.45) is 0. The lowest BCUT2D eigenvalue weighted by Crippen LogP contribution is -2.12. The molecule has 0 aliphatic carbocycles. The SMILES string of the molecule is COCCOCCNc1ccc(I)cc1N. The Kier molecular flexibility index (Phi) is 6.51. The fourth-order valence-corrected chi connectivity index (χ4v) is 1.71. The Labute approximate surface area is 110 Å². The molecule has 1 aromatic carbocycles. The third-order valence-electron chi connectivity index (χ3n) is 2.01. The summed E-state index contributed by atoms with van der Waals surface area (Å²) >= 11 is 2.24. The van der Waals surface area contributed by atoms with E-state index >= 15 is 0 Å². The maximum absolute atomic E-state index is 5.86. The minimum atomic E-state index is 0.625. The minimum Gasteiger partial charge on any atom is -0.397 e. The van der Waals surface area contributed by atoms with E-state index in [-0.39, 0.29) is 0 Å². The van der Waals surface area contributed by atoms with Gasteiger partial charge in [-0.15, -0.1) is 0 Å². The van der Waals surface area contributed by atoms with Crippen LogP contribution >= 0.6 is 22.6 Å². The van der Waals surface area contributed by atoms with Gasteiger partial charge in [-0.1, -0.05) is 0 Å². The summed E-state index contributed by atoms with van der Waals surface area (Å²) in [6, 6.07) is 5.94. The molecule has 1 rings (SSSR count). The summed E-state index contributed by atoms with van der Waals surface area (Å²) < 4.78 is 11.3. The van der Waals surface area contributed by atoms with E-state index < -0.39 is 0 Å². The van der Waals surface area contributed by atoms with Crippen LogP contribution in [0.1, 0.15) is 0 Å². The molecule has 0 aliphatic heterocycles. The first-order chi connectivity index (χ1) is 7.74. The molecule has 0 fully saturated rings. The smallest absolute Gasteiger partial charge is 0.0701 e. The Morgan fingerprint density at radius 3 is 2.81 bits per heavy atom. The summed E-state index contributed by atoms with van der Waals surface area (Å²) in [5.74, 6) is 0. The topological polar surface area (TPSA) is 56.5 Å². The summed E-state index contributed by atoms with van der Waals surface area (Å²) in [5, 5.41) is 3.22. The van der Waals surface area contributed by atoms with Crippen molar-refractivity contribution in [3.63, 3.8) is 0 Å². The van der Waals surface area contributed by atoms with Crippen molar-refractivity contribution >= 4 is 34.0 Å². The van der Waals surface area contributed by atoms with Gasteiger partial charge < -0.3 is 20.5 Å². The van der Waals surface area contributed by atoms with Crippen LogP contribution in [0.5, 0.6) is 0 Å². The van der Waals surface area contributed by atoms with Crippen LogP contribution in [0.25, 0.3) is 0 Å². The first-order valence-corrected chi connectivity index (χ1v) is 6.17. The Morgan fingerprint density at radius 2 is 2.12 bits per heavy atom. The first-order valence-electron chi connectivity index (χ1n) is 5.09. The van der Waals surface area contributed by atoms with Gasteiger partial charge in [0.2, 0.25) is 0 Å². The van der Waals surface area contributed by atoms with E-state index in [0.717, 1.165) is 21.5 Å². The molecule has 0 saturated heterocycles. The second-order valence-electron chi connectivity index (χ2n) is 3.26. The molecule has 5 heteroatoms. The molecular weight excluding hydrogens is 319 g/mol. The number of halogens is 1. The lowest BCUT2D eigenvalue weighted by atomic mass is 10.3. The molecule has 16 heavy (non-hydrogen) atoms. The summed E-state index contributed by atoms with van der Waals surface area (Å²) in [4.78, 5) is 0. The van der Waals surface area contributed by atoms with Crippen LogP contribution in [-0.2, 0) is 9.47 Å². The predicted molar refractivity (Wildman–Crippen MR) is 74.8 cm³/mol. The van der Waals surface area contributed by atoms with Gasteiger partial charge in [-0.25, -0.2) is 0 Å². The van der Waals surface area contributed by atoms with Crippen LogP contribution < -0.4 is 11.1 Å². The molecule has 0 aromatic heterocycles. The van der Waals surface area contributed by atoms with Gasteiger partial charge in [0.1, 0.15) is 0 Å². The van der Waals surface area contributed by atoms with Crippen LogP contribution in [0.4, 0.5) is 11.4 Å². The number of hydrogen-bond acceptors (Lipinski definition) is 4. The maximum atomic E-state index is 5.86. The Hall–Kier alpha value is -0.530.